The molecule has 0 spiro atoms. The fourth-order valence-corrected chi connectivity index (χ4v) is 1.96. The number of anilines is 1. The number of amides is 1. The highest BCUT2D eigenvalue weighted by Gasteiger charge is 2.34. The van der Waals surface area contributed by atoms with Crippen molar-refractivity contribution in [2.45, 2.75) is 38.8 Å². The van der Waals surface area contributed by atoms with E-state index in [2.05, 4.69) is 10.4 Å². The summed E-state index contributed by atoms with van der Waals surface area (Å²) < 4.78 is 7.12. The second-order valence-electron chi connectivity index (χ2n) is 5.90. The highest BCUT2D eigenvalue weighted by Crippen LogP contribution is 2.21. The Bertz CT molecular complexity index is 450. The molecule has 0 bridgehead atoms. The van der Waals surface area contributed by atoms with Gasteiger partial charge in [-0.05, 0) is 27.2 Å². The molecule has 0 aromatic carbocycles. The molecule has 1 aliphatic rings. The minimum atomic E-state index is -0.437. The summed E-state index contributed by atoms with van der Waals surface area (Å²) in [6.45, 7) is 7.15. The summed E-state index contributed by atoms with van der Waals surface area (Å²) in [5, 5.41) is 7.37. The number of nitrogens with one attached hydrogen (secondary N) is 1. The van der Waals surface area contributed by atoms with Gasteiger partial charge in [0.15, 0.2) is 0 Å². The molecule has 1 aromatic rings. The molecule has 2 rings (SSSR count). The molecule has 2 heterocycles. The van der Waals surface area contributed by atoms with E-state index in [1.165, 1.54) is 0 Å². The highest BCUT2D eigenvalue weighted by molar-refractivity contribution is 5.69. The molecule has 0 aliphatic carbocycles. The van der Waals surface area contributed by atoms with Gasteiger partial charge >= 0.3 is 6.09 Å². The molecule has 0 saturated carbocycles. The van der Waals surface area contributed by atoms with Crippen LogP contribution in [0.4, 0.5) is 10.5 Å². The summed E-state index contributed by atoms with van der Waals surface area (Å²) in [7, 11) is 1.88. The van der Waals surface area contributed by atoms with Crippen molar-refractivity contribution in [2.75, 3.05) is 18.4 Å². The lowest BCUT2D eigenvalue weighted by atomic mass is 10.0. The van der Waals surface area contributed by atoms with Crippen molar-refractivity contribution in [3.8, 4) is 0 Å². The molecule has 106 valence electrons. The van der Waals surface area contributed by atoms with Crippen molar-refractivity contribution in [3.05, 3.63) is 12.4 Å². The number of carbonyl (C=O) groups excluding carboxylic acids is 1. The number of hydrogen-bond donors (Lipinski definition) is 1. The number of aromatic nitrogens is 2. The molecule has 6 heteroatoms. The van der Waals surface area contributed by atoms with Crippen LogP contribution in [-0.4, -0.2) is 45.5 Å². The highest BCUT2D eigenvalue weighted by atomic mass is 16.6. The number of nitrogens with zero attached hydrogens (tertiary/aromatic N) is 3. The lowest BCUT2D eigenvalue weighted by molar-refractivity contribution is -0.00274. The number of rotatable bonds is 3. The van der Waals surface area contributed by atoms with Crippen LogP contribution in [0.3, 0.4) is 0 Å². The van der Waals surface area contributed by atoms with E-state index in [4.69, 9.17) is 4.74 Å². The second kappa shape index (κ2) is 5.11. The molecule has 6 nitrogen and oxygen atoms in total. The number of aryl methyl sites for hydroxylation is 1. The van der Waals surface area contributed by atoms with Gasteiger partial charge in [-0.1, -0.05) is 0 Å². The number of carbonyl (C=O) groups is 1. The van der Waals surface area contributed by atoms with Gasteiger partial charge in [-0.25, -0.2) is 4.79 Å². The van der Waals surface area contributed by atoms with Gasteiger partial charge in [0.25, 0.3) is 0 Å². The van der Waals surface area contributed by atoms with Gasteiger partial charge in [-0.15, -0.1) is 0 Å². The SMILES string of the molecule is Cn1cc(NC[C@H]2CCN2C(=O)OC(C)(C)C)cn1. The fourth-order valence-electron chi connectivity index (χ4n) is 1.96. The third-order valence-corrected chi connectivity index (χ3v) is 3.02. The van der Waals surface area contributed by atoms with Gasteiger partial charge in [0, 0.05) is 26.3 Å². The molecular formula is C13H22N4O2. The summed E-state index contributed by atoms with van der Waals surface area (Å²) in [5.41, 5.74) is 0.534. The van der Waals surface area contributed by atoms with Crippen LogP contribution in [0.2, 0.25) is 0 Å². The average Bonchev–Trinajstić information content (AvgIpc) is 2.59. The van der Waals surface area contributed by atoms with E-state index in [0.29, 0.717) is 0 Å². The zero-order chi connectivity index (χ0) is 14.0. The van der Waals surface area contributed by atoms with E-state index in [1.807, 2.05) is 34.0 Å². The van der Waals surface area contributed by atoms with E-state index in [9.17, 15) is 4.79 Å². The predicted molar refractivity (Wildman–Crippen MR) is 73.0 cm³/mol. The maximum absolute atomic E-state index is 11.9. The molecule has 0 radical (unpaired) electrons. The van der Waals surface area contributed by atoms with Gasteiger partial charge < -0.3 is 15.0 Å². The average molecular weight is 266 g/mol. The van der Waals surface area contributed by atoms with Crippen LogP contribution in [0, 0.1) is 0 Å². The molecule has 1 amide bonds. The smallest absolute Gasteiger partial charge is 0.410 e. The Morgan fingerprint density at radius 3 is 2.79 bits per heavy atom. The lowest BCUT2D eigenvalue weighted by Gasteiger charge is -2.41. The summed E-state index contributed by atoms with van der Waals surface area (Å²) in [6, 6.07) is 0.204. The van der Waals surface area contributed by atoms with Crippen LogP contribution in [0.5, 0.6) is 0 Å². The normalized spacial score (nSPS) is 18.9. The van der Waals surface area contributed by atoms with Crippen molar-refractivity contribution in [1.82, 2.24) is 14.7 Å². The van der Waals surface area contributed by atoms with Crippen LogP contribution in [-0.2, 0) is 11.8 Å². The van der Waals surface area contributed by atoms with Gasteiger partial charge in [-0.2, -0.15) is 5.10 Å². The first-order valence-corrected chi connectivity index (χ1v) is 6.57. The largest absolute Gasteiger partial charge is 0.444 e. The fraction of sp³-hybridized carbons (Fsp3) is 0.692. The van der Waals surface area contributed by atoms with Crippen molar-refractivity contribution in [1.29, 1.82) is 0 Å². The first kappa shape index (κ1) is 13.7. The Kier molecular flexibility index (Phi) is 3.68. The molecule has 1 aromatic heterocycles. The maximum Gasteiger partial charge on any atom is 0.410 e. The van der Waals surface area contributed by atoms with Crippen LogP contribution in [0.25, 0.3) is 0 Å². The van der Waals surface area contributed by atoms with E-state index in [1.54, 1.807) is 15.8 Å². The zero-order valence-corrected chi connectivity index (χ0v) is 12.0. The molecular weight excluding hydrogens is 244 g/mol. The summed E-state index contributed by atoms with van der Waals surface area (Å²) >= 11 is 0. The molecule has 1 fully saturated rings. The number of likely N-dealkylation sites (tertiary alicyclic amines) is 1. The maximum atomic E-state index is 11.9. The third kappa shape index (κ3) is 3.62. The second-order valence-corrected chi connectivity index (χ2v) is 5.90. The van der Waals surface area contributed by atoms with Crippen LogP contribution in [0.15, 0.2) is 12.4 Å². The Balaban J connectivity index is 1.80. The van der Waals surface area contributed by atoms with Crippen LogP contribution < -0.4 is 5.32 Å². The summed E-state index contributed by atoms with van der Waals surface area (Å²) in [5.74, 6) is 0. The molecule has 0 unspecified atom stereocenters. The van der Waals surface area contributed by atoms with Gasteiger partial charge in [0.2, 0.25) is 0 Å². The predicted octanol–water partition coefficient (Wildman–Crippen LogP) is 1.84. The van der Waals surface area contributed by atoms with Gasteiger partial charge in [-0.3, -0.25) is 4.68 Å². The monoisotopic (exact) mass is 266 g/mol. The lowest BCUT2D eigenvalue weighted by Crippen LogP contribution is -2.55. The van der Waals surface area contributed by atoms with Crippen molar-refractivity contribution in [2.24, 2.45) is 7.05 Å². The molecule has 1 N–H and O–H groups in total. The van der Waals surface area contributed by atoms with Crippen molar-refractivity contribution < 1.29 is 9.53 Å². The summed E-state index contributed by atoms with van der Waals surface area (Å²) in [6.07, 6.45) is 4.47. The number of ether oxygens (including phenoxy) is 1. The van der Waals surface area contributed by atoms with Gasteiger partial charge in [0.05, 0.1) is 17.9 Å². The van der Waals surface area contributed by atoms with E-state index < -0.39 is 5.60 Å². The van der Waals surface area contributed by atoms with E-state index in [0.717, 1.165) is 25.2 Å². The van der Waals surface area contributed by atoms with E-state index >= 15 is 0 Å². The molecule has 1 saturated heterocycles. The minimum Gasteiger partial charge on any atom is -0.444 e. The molecule has 19 heavy (non-hydrogen) atoms. The Morgan fingerprint density at radius 2 is 2.32 bits per heavy atom. The first-order chi connectivity index (χ1) is 8.85. The zero-order valence-electron chi connectivity index (χ0n) is 12.0. The van der Waals surface area contributed by atoms with Crippen molar-refractivity contribution in [3.63, 3.8) is 0 Å². The number of hydrogen-bond acceptors (Lipinski definition) is 4. The molecule has 1 aliphatic heterocycles. The third-order valence-electron chi connectivity index (χ3n) is 3.02. The van der Waals surface area contributed by atoms with Gasteiger partial charge in [0.1, 0.15) is 5.60 Å². The summed E-state index contributed by atoms with van der Waals surface area (Å²) in [4.78, 5) is 13.7. The van der Waals surface area contributed by atoms with E-state index in [-0.39, 0.29) is 12.1 Å². The Labute approximate surface area is 113 Å². The molecule has 1 atom stereocenters. The Hall–Kier alpha value is -1.72. The minimum absolute atomic E-state index is 0.204. The van der Waals surface area contributed by atoms with Crippen molar-refractivity contribution >= 4 is 11.8 Å². The topological polar surface area (TPSA) is 59.4 Å². The first-order valence-electron chi connectivity index (χ1n) is 6.57. The quantitative estimate of drug-likeness (QED) is 0.907. The Morgan fingerprint density at radius 1 is 1.58 bits per heavy atom. The standard InChI is InChI=1S/C13H22N4O2/c1-13(2,3)19-12(18)17-6-5-11(17)8-14-10-7-15-16(4)9-10/h7,9,11,14H,5-6,8H2,1-4H3/t11-/m1/s1. The van der Waals surface area contributed by atoms with Crippen LogP contribution >= 0.6 is 0 Å². The van der Waals surface area contributed by atoms with Crippen LogP contribution in [0.1, 0.15) is 27.2 Å².